The molecule has 1 aromatic heterocycles. The summed E-state index contributed by atoms with van der Waals surface area (Å²) >= 11 is 0. The molecule has 0 radical (unpaired) electrons. The molecule has 0 unspecified atom stereocenters. The quantitative estimate of drug-likeness (QED) is 0.755. The molecule has 0 fully saturated rings. The van der Waals surface area contributed by atoms with Gasteiger partial charge in [-0.05, 0) is 25.0 Å². The van der Waals surface area contributed by atoms with Crippen molar-refractivity contribution in [2.24, 2.45) is 0 Å². The van der Waals surface area contributed by atoms with E-state index < -0.39 is 0 Å². The molecule has 2 N–H and O–H groups in total. The molecule has 1 heterocycles. The number of anilines is 1. The maximum atomic E-state index is 12.4. The first-order valence-corrected chi connectivity index (χ1v) is 8.05. The van der Waals surface area contributed by atoms with Crippen molar-refractivity contribution in [1.82, 2.24) is 9.97 Å². The number of nitrogens with zero attached hydrogens (tertiary/aromatic N) is 1. The van der Waals surface area contributed by atoms with Crippen LogP contribution in [0.1, 0.15) is 27.9 Å². The molecule has 0 aliphatic carbocycles. The zero-order valence-corrected chi connectivity index (χ0v) is 14.0. The Labute approximate surface area is 141 Å². The smallest absolute Gasteiger partial charge is 0.256 e. The first-order valence-electron chi connectivity index (χ1n) is 8.05. The molecule has 0 aliphatic rings. The van der Waals surface area contributed by atoms with Gasteiger partial charge in [0.15, 0.2) is 0 Å². The Bertz CT molecular complexity index is 868. The predicted molar refractivity (Wildman–Crippen MR) is 97.3 cm³/mol. The van der Waals surface area contributed by atoms with Crippen LogP contribution in [-0.4, -0.2) is 9.97 Å². The summed E-state index contributed by atoms with van der Waals surface area (Å²) in [5.41, 5.74) is 4.85. The van der Waals surface area contributed by atoms with Crippen molar-refractivity contribution in [2.75, 3.05) is 5.32 Å². The number of hydrogen-bond acceptors (Lipinski definition) is 3. The summed E-state index contributed by atoms with van der Waals surface area (Å²) in [6, 6.07) is 18.2. The van der Waals surface area contributed by atoms with Crippen molar-refractivity contribution >= 4 is 5.95 Å². The predicted octanol–water partition coefficient (Wildman–Crippen LogP) is 3.59. The van der Waals surface area contributed by atoms with E-state index in [2.05, 4.69) is 46.5 Å². The van der Waals surface area contributed by atoms with Crippen molar-refractivity contribution < 1.29 is 0 Å². The van der Waals surface area contributed by atoms with Crippen LogP contribution >= 0.6 is 0 Å². The number of aromatic nitrogens is 2. The molecule has 3 rings (SSSR count). The fraction of sp³-hybridized carbons (Fsp3) is 0.200. The third kappa shape index (κ3) is 3.90. The van der Waals surface area contributed by atoms with Gasteiger partial charge in [-0.25, -0.2) is 4.98 Å². The molecule has 4 nitrogen and oxygen atoms in total. The molecule has 0 atom stereocenters. The van der Waals surface area contributed by atoms with Gasteiger partial charge in [0, 0.05) is 18.5 Å². The Morgan fingerprint density at radius 3 is 2.33 bits per heavy atom. The summed E-state index contributed by atoms with van der Waals surface area (Å²) in [6.07, 6.45) is 0.591. The monoisotopic (exact) mass is 319 g/mol. The summed E-state index contributed by atoms with van der Waals surface area (Å²) in [4.78, 5) is 19.7. The van der Waals surface area contributed by atoms with Gasteiger partial charge in [-0.1, -0.05) is 60.2 Å². The second kappa shape index (κ2) is 7.13. The van der Waals surface area contributed by atoms with Crippen LogP contribution in [0, 0.1) is 13.8 Å². The summed E-state index contributed by atoms with van der Waals surface area (Å²) in [5, 5.41) is 3.17. The zero-order valence-electron chi connectivity index (χ0n) is 14.0. The highest BCUT2D eigenvalue weighted by Crippen LogP contribution is 2.11. The van der Waals surface area contributed by atoms with Gasteiger partial charge in [0.2, 0.25) is 5.95 Å². The van der Waals surface area contributed by atoms with Gasteiger partial charge in [0.1, 0.15) is 0 Å². The lowest BCUT2D eigenvalue weighted by molar-refractivity contribution is 0.957. The van der Waals surface area contributed by atoms with Gasteiger partial charge in [-0.2, -0.15) is 0 Å². The molecule has 0 bridgehead atoms. The van der Waals surface area contributed by atoms with Crippen LogP contribution in [0.2, 0.25) is 0 Å². The average Bonchev–Trinajstić information content (AvgIpc) is 2.59. The van der Waals surface area contributed by atoms with Crippen molar-refractivity contribution in [1.29, 1.82) is 0 Å². The standard InChI is InChI=1S/C20H21N3O/c1-14-8-10-16(11-9-14)12-18-15(2)22-20(23-19(18)24)21-13-17-6-4-3-5-7-17/h3-11H,12-13H2,1-2H3,(H2,21,22,23,24). The molecule has 0 saturated carbocycles. The van der Waals surface area contributed by atoms with Gasteiger partial charge >= 0.3 is 0 Å². The second-order valence-electron chi connectivity index (χ2n) is 5.98. The van der Waals surface area contributed by atoms with E-state index in [1.54, 1.807) is 0 Å². The summed E-state index contributed by atoms with van der Waals surface area (Å²) < 4.78 is 0. The average molecular weight is 319 g/mol. The minimum absolute atomic E-state index is 0.0846. The number of benzene rings is 2. The highest BCUT2D eigenvalue weighted by Gasteiger charge is 2.09. The van der Waals surface area contributed by atoms with Crippen LogP contribution < -0.4 is 10.9 Å². The summed E-state index contributed by atoms with van der Waals surface area (Å²) in [7, 11) is 0. The Kier molecular flexibility index (Phi) is 4.75. The lowest BCUT2D eigenvalue weighted by atomic mass is 10.0. The molecule has 24 heavy (non-hydrogen) atoms. The fourth-order valence-electron chi connectivity index (χ4n) is 2.59. The minimum Gasteiger partial charge on any atom is -0.352 e. The molecular formula is C20H21N3O. The van der Waals surface area contributed by atoms with Crippen LogP contribution in [0.3, 0.4) is 0 Å². The van der Waals surface area contributed by atoms with Gasteiger partial charge in [0.05, 0.1) is 5.69 Å². The topological polar surface area (TPSA) is 57.8 Å². The molecule has 122 valence electrons. The highest BCUT2D eigenvalue weighted by atomic mass is 16.1. The van der Waals surface area contributed by atoms with Gasteiger partial charge in [-0.3, -0.25) is 9.78 Å². The van der Waals surface area contributed by atoms with Gasteiger partial charge < -0.3 is 5.32 Å². The number of hydrogen-bond donors (Lipinski definition) is 2. The third-order valence-corrected chi connectivity index (χ3v) is 4.03. The Morgan fingerprint density at radius 1 is 0.958 bits per heavy atom. The first kappa shape index (κ1) is 16.0. The molecule has 0 saturated heterocycles. The van der Waals surface area contributed by atoms with Crippen molar-refractivity contribution in [3.63, 3.8) is 0 Å². The van der Waals surface area contributed by atoms with Crippen LogP contribution in [0.25, 0.3) is 0 Å². The van der Waals surface area contributed by atoms with E-state index in [0.29, 0.717) is 24.5 Å². The number of aryl methyl sites for hydroxylation is 2. The zero-order chi connectivity index (χ0) is 16.9. The molecule has 0 amide bonds. The Morgan fingerprint density at radius 2 is 1.67 bits per heavy atom. The maximum absolute atomic E-state index is 12.4. The number of aromatic amines is 1. The highest BCUT2D eigenvalue weighted by molar-refractivity contribution is 5.34. The lowest BCUT2D eigenvalue weighted by Gasteiger charge is -2.09. The van der Waals surface area contributed by atoms with Gasteiger partial charge in [-0.15, -0.1) is 0 Å². The molecule has 3 aromatic rings. The summed E-state index contributed by atoms with van der Waals surface area (Å²) in [5.74, 6) is 0.508. The molecule has 4 heteroatoms. The van der Waals surface area contributed by atoms with Crippen LogP contribution in [-0.2, 0) is 13.0 Å². The van der Waals surface area contributed by atoms with E-state index in [1.165, 1.54) is 5.56 Å². The van der Waals surface area contributed by atoms with Crippen molar-refractivity contribution in [3.8, 4) is 0 Å². The first-order chi connectivity index (χ1) is 11.6. The molecule has 0 spiro atoms. The Balaban J connectivity index is 1.76. The van der Waals surface area contributed by atoms with E-state index in [0.717, 1.165) is 16.8 Å². The number of rotatable bonds is 5. The number of nitrogens with one attached hydrogen (secondary N) is 2. The molecule has 2 aromatic carbocycles. The van der Waals surface area contributed by atoms with Crippen molar-refractivity contribution in [2.45, 2.75) is 26.8 Å². The van der Waals surface area contributed by atoms with E-state index >= 15 is 0 Å². The van der Waals surface area contributed by atoms with Crippen LogP contribution in [0.5, 0.6) is 0 Å². The largest absolute Gasteiger partial charge is 0.352 e. The SMILES string of the molecule is Cc1ccc(Cc2c(C)nc(NCc3ccccc3)[nH]c2=O)cc1. The normalized spacial score (nSPS) is 10.6. The minimum atomic E-state index is -0.0846. The van der Waals surface area contributed by atoms with Crippen LogP contribution in [0.15, 0.2) is 59.4 Å². The maximum Gasteiger partial charge on any atom is 0.256 e. The Hall–Kier alpha value is -2.88. The molecule has 0 aliphatic heterocycles. The second-order valence-corrected chi connectivity index (χ2v) is 5.98. The fourth-order valence-corrected chi connectivity index (χ4v) is 2.59. The molecular weight excluding hydrogens is 298 g/mol. The van der Waals surface area contributed by atoms with Gasteiger partial charge in [0.25, 0.3) is 5.56 Å². The van der Waals surface area contributed by atoms with Crippen molar-refractivity contribution in [3.05, 3.63) is 92.9 Å². The van der Waals surface area contributed by atoms with E-state index in [-0.39, 0.29) is 5.56 Å². The summed E-state index contributed by atoms with van der Waals surface area (Å²) in [6.45, 7) is 4.56. The number of H-pyrrole nitrogens is 1. The third-order valence-electron chi connectivity index (χ3n) is 4.03. The van der Waals surface area contributed by atoms with E-state index in [4.69, 9.17) is 0 Å². The van der Waals surface area contributed by atoms with E-state index in [1.807, 2.05) is 37.3 Å². The van der Waals surface area contributed by atoms with E-state index in [9.17, 15) is 4.79 Å². The lowest BCUT2D eigenvalue weighted by Crippen LogP contribution is -2.19. The van der Waals surface area contributed by atoms with Crippen LogP contribution in [0.4, 0.5) is 5.95 Å².